The number of furan rings is 1. The zero-order valence-corrected chi connectivity index (χ0v) is 18.9. The third-order valence-corrected chi connectivity index (χ3v) is 7.02. The molecule has 160 valence electrons. The van der Waals surface area contributed by atoms with Gasteiger partial charge in [-0.3, -0.25) is 0 Å². The maximum absolute atomic E-state index is 6.76. The molecular weight excluding hydrogens is 412 g/mol. The van der Waals surface area contributed by atoms with Crippen LogP contribution in [0.3, 0.4) is 0 Å². The number of benzene rings is 6. The first kappa shape index (κ1) is 19.1. The second-order valence-electron chi connectivity index (χ2n) is 8.96. The average Bonchev–Trinajstić information content (AvgIpc) is 3.25. The van der Waals surface area contributed by atoms with E-state index in [0.717, 1.165) is 33.8 Å². The molecule has 0 atom stereocenters. The summed E-state index contributed by atoms with van der Waals surface area (Å²) >= 11 is 0. The monoisotopic (exact) mass is 434 g/mol. The minimum atomic E-state index is 0.931. The van der Waals surface area contributed by atoms with Crippen molar-refractivity contribution < 1.29 is 4.42 Å². The van der Waals surface area contributed by atoms with Crippen molar-refractivity contribution in [3.8, 4) is 33.8 Å². The van der Waals surface area contributed by atoms with Crippen LogP contribution in [0.25, 0.3) is 66.1 Å². The first-order valence-corrected chi connectivity index (χ1v) is 11.7. The van der Waals surface area contributed by atoms with Crippen molar-refractivity contribution in [2.24, 2.45) is 0 Å². The highest BCUT2D eigenvalue weighted by atomic mass is 16.3. The van der Waals surface area contributed by atoms with Crippen LogP contribution < -0.4 is 0 Å². The van der Waals surface area contributed by atoms with Crippen molar-refractivity contribution in [3.63, 3.8) is 0 Å². The Labute approximate surface area is 198 Å². The normalized spacial score (nSPS) is 11.7. The van der Waals surface area contributed by atoms with Crippen molar-refractivity contribution in [3.05, 3.63) is 121 Å². The Kier molecular flexibility index (Phi) is 4.13. The summed E-state index contributed by atoms with van der Waals surface area (Å²) in [5.74, 6) is 1.86. The SMILES string of the molecule is Cc1c(-c2ccccc2)oc(-c2ccc3ccc4cccc5ccc2c3c45)c1-c1ccccc1. The molecular formula is C33H22O. The van der Waals surface area contributed by atoms with Gasteiger partial charge < -0.3 is 4.42 Å². The molecule has 0 saturated carbocycles. The summed E-state index contributed by atoms with van der Waals surface area (Å²) in [5, 5.41) is 7.67. The third kappa shape index (κ3) is 2.74. The fraction of sp³-hybridized carbons (Fsp3) is 0.0303. The molecule has 7 rings (SSSR count). The quantitative estimate of drug-likeness (QED) is 0.252. The van der Waals surface area contributed by atoms with Crippen LogP contribution in [-0.4, -0.2) is 0 Å². The van der Waals surface area contributed by atoms with Crippen LogP contribution in [-0.2, 0) is 0 Å². The summed E-state index contributed by atoms with van der Waals surface area (Å²) in [7, 11) is 0. The number of hydrogen-bond donors (Lipinski definition) is 0. The van der Waals surface area contributed by atoms with Crippen LogP contribution in [0.1, 0.15) is 5.56 Å². The van der Waals surface area contributed by atoms with Crippen molar-refractivity contribution in [2.75, 3.05) is 0 Å². The third-order valence-electron chi connectivity index (χ3n) is 7.02. The fourth-order valence-corrected chi connectivity index (χ4v) is 5.45. The average molecular weight is 435 g/mol. The van der Waals surface area contributed by atoms with E-state index in [4.69, 9.17) is 4.42 Å². The van der Waals surface area contributed by atoms with Gasteiger partial charge in [0.2, 0.25) is 0 Å². The molecule has 0 aliphatic heterocycles. The maximum Gasteiger partial charge on any atom is 0.143 e. The Hall–Kier alpha value is -4.36. The van der Waals surface area contributed by atoms with Gasteiger partial charge in [0, 0.05) is 22.3 Å². The molecule has 0 N–H and O–H groups in total. The number of rotatable bonds is 3. The predicted molar refractivity (Wildman–Crippen MR) is 143 cm³/mol. The first-order chi connectivity index (χ1) is 16.8. The van der Waals surface area contributed by atoms with Gasteiger partial charge >= 0.3 is 0 Å². The van der Waals surface area contributed by atoms with Crippen molar-refractivity contribution in [1.82, 2.24) is 0 Å². The van der Waals surface area contributed by atoms with E-state index in [1.807, 2.05) is 6.07 Å². The molecule has 0 aliphatic rings. The molecule has 0 amide bonds. The topological polar surface area (TPSA) is 13.1 Å². The molecule has 0 radical (unpaired) electrons. The van der Waals surface area contributed by atoms with Gasteiger partial charge in [-0.25, -0.2) is 0 Å². The summed E-state index contributed by atoms with van der Waals surface area (Å²) in [6, 6.07) is 41.0. The Morgan fingerprint density at radius 2 is 1.06 bits per heavy atom. The minimum absolute atomic E-state index is 0.931. The Bertz CT molecular complexity index is 1770. The molecule has 1 nitrogen and oxygen atoms in total. The first-order valence-electron chi connectivity index (χ1n) is 11.7. The van der Waals surface area contributed by atoms with E-state index >= 15 is 0 Å². The highest BCUT2D eigenvalue weighted by molar-refractivity contribution is 6.25. The van der Waals surface area contributed by atoms with Gasteiger partial charge in [0.1, 0.15) is 11.5 Å². The smallest absolute Gasteiger partial charge is 0.143 e. The highest BCUT2D eigenvalue weighted by Gasteiger charge is 2.23. The van der Waals surface area contributed by atoms with Gasteiger partial charge in [-0.05, 0) is 50.9 Å². The van der Waals surface area contributed by atoms with E-state index in [1.165, 1.54) is 37.9 Å². The lowest BCUT2D eigenvalue weighted by atomic mass is 9.89. The van der Waals surface area contributed by atoms with Crippen molar-refractivity contribution in [1.29, 1.82) is 0 Å². The van der Waals surface area contributed by atoms with E-state index < -0.39 is 0 Å². The lowest BCUT2D eigenvalue weighted by molar-refractivity contribution is 0.597. The molecule has 0 bridgehead atoms. The standard InChI is InChI=1S/C33H22O/c1-21-29(22-9-4-2-5-10-22)33(34-32(21)26-11-6-3-7-12-26)28-20-18-25-16-15-23-13-8-14-24-17-19-27(28)31(25)30(23)24/h2-20H,1H3. The lowest BCUT2D eigenvalue weighted by Crippen LogP contribution is -1.88. The van der Waals surface area contributed by atoms with Crippen LogP contribution in [0, 0.1) is 6.92 Å². The molecule has 1 aromatic heterocycles. The summed E-state index contributed by atoms with van der Waals surface area (Å²) in [5.41, 5.74) is 5.73. The van der Waals surface area contributed by atoms with E-state index in [2.05, 4.69) is 116 Å². The second kappa shape index (κ2) is 7.33. The summed E-state index contributed by atoms with van der Waals surface area (Å²) in [4.78, 5) is 0. The minimum Gasteiger partial charge on any atom is -0.455 e. The Morgan fingerprint density at radius 3 is 1.76 bits per heavy atom. The van der Waals surface area contributed by atoms with E-state index in [-0.39, 0.29) is 0 Å². The molecule has 0 aliphatic carbocycles. The van der Waals surface area contributed by atoms with Crippen LogP contribution >= 0.6 is 0 Å². The second-order valence-corrected chi connectivity index (χ2v) is 8.96. The molecule has 34 heavy (non-hydrogen) atoms. The van der Waals surface area contributed by atoms with E-state index in [0.29, 0.717) is 0 Å². The summed E-state index contributed by atoms with van der Waals surface area (Å²) < 4.78 is 6.76. The fourth-order valence-electron chi connectivity index (χ4n) is 5.45. The highest BCUT2D eigenvalue weighted by Crippen LogP contribution is 2.46. The largest absolute Gasteiger partial charge is 0.455 e. The Morgan fingerprint density at radius 1 is 0.471 bits per heavy atom. The van der Waals surface area contributed by atoms with Crippen LogP contribution in [0.15, 0.2) is 120 Å². The van der Waals surface area contributed by atoms with Crippen LogP contribution in [0.2, 0.25) is 0 Å². The molecule has 6 aromatic carbocycles. The zero-order chi connectivity index (χ0) is 22.6. The van der Waals surface area contributed by atoms with Gasteiger partial charge in [0.25, 0.3) is 0 Å². The molecule has 0 fully saturated rings. The maximum atomic E-state index is 6.76. The molecule has 0 saturated heterocycles. The van der Waals surface area contributed by atoms with Gasteiger partial charge in [-0.1, -0.05) is 109 Å². The Balaban J connectivity index is 1.60. The summed E-state index contributed by atoms with van der Waals surface area (Å²) in [6.45, 7) is 2.17. The molecule has 1 heterocycles. The van der Waals surface area contributed by atoms with E-state index in [9.17, 15) is 0 Å². The van der Waals surface area contributed by atoms with E-state index in [1.54, 1.807) is 0 Å². The molecule has 7 aromatic rings. The predicted octanol–water partition coefficient (Wildman–Crippen LogP) is 9.49. The molecule has 1 heteroatoms. The van der Waals surface area contributed by atoms with Gasteiger partial charge in [0.15, 0.2) is 0 Å². The summed E-state index contributed by atoms with van der Waals surface area (Å²) in [6.07, 6.45) is 0. The molecule has 0 spiro atoms. The zero-order valence-electron chi connectivity index (χ0n) is 18.9. The van der Waals surface area contributed by atoms with Gasteiger partial charge in [0.05, 0.1) is 0 Å². The number of hydrogen-bond acceptors (Lipinski definition) is 1. The van der Waals surface area contributed by atoms with Gasteiger partial charge in [-0.2, -0.15) is 0 Å². The van der Waals surface area contributed by atoms with Crippen molar-refractivity contribution >= 4 is 32.3 Å². The lowest BCUT2D eigenvalue weighted by Gasteiger charge is -2.14. The van der Waals surface area contributed by atoms with Gasteiger partial charge in [-0.15, -0.1) is 0 Å². The van der Waals surface area contributed by atoms with Crippen LogP contribution in [0.5, 0.6) is 0 Å². The van der Waals surface area contributed by atoms with Crippen LogP contribution in [0.4, 0.5) is 0 Å². The van der Waals surface area contributed by atoms with Crippen molar-refractivity contribution in [2.45, 2.75) is 6.92 Å². The molecule has 0 unspecified atom stereocenters.